The number of benzene rings is 1. The number of carbonyl (C=O) groups excluding carboxylic acids is 1. The molecule has 0 unspecified atom stereocenters. The summed E-state index contributed by atoms with van der Waals surface area (Å²) < 4.78 is 44.3. The van der Waals surface area contributed by atoms with Gasteiger partial charge in [0.2, 0.25) is 0 Å². The van der Waals surface area contributed by atoms with E-state index in [0.717, 1.165) is 56.7 Å². The van der Waals surface area contributed by atoms with Crippen molar-refractivity contribution >= 4 is 23.3 Å². The molecule has 0 radical (unpaired) electrons. The maximum Gasteiger partial charge on any atom is 0.317 e. The first-order valence-electron chi connectivity index (χ1n) is 11.3. The zero-order valence-electron chi connectivity index (χ0n) is 18.6. The Bertz CT molecular complexity index is 915. The minimum Gasteiger partial charge on any atom is -0.368 e. The first kappa shape index (κ1) is 23.7. The molecule has 0 bridgehead atoms. The average molecular weight is 483 g/mol. The molecule has 2 fully saturated rings. The fraction of sp³-hybridized carbons (Fsp3) is 0.591. The number of hydrogen-bond acceptors (Lipinski definition) is 6. The lowest BCUT2D eigenvalue weighted by atomic mass is 9.93. The molecule has 7 nitrogen and oxygen atoms in total. The quantitative estimate of drug-likeness (QED) is 0.639. The van der Waals surface area contributed by atoms with Crippen LogP contribution in [0.2, 0.25) is 0 Å². The van der Waals surface area contributed by atoms with Gasteiger partial charge in [-0.05, 0) is 56.7 Å². The summed E-state index contributed by atoms with van der Waals surface area (Å²) in [5.74, 6) is -3.28. The third-order valence-electron chi connectivity index (χ3n) is 6.55. The lowest BCUT2D eigenvalue weighted by Crippen LogP contribution is -2.56. The molecule has 1 aromatic heterocycles. The lowest BCUT2D eigenvalue weighted by Gasteiger charge is -2.41. The highest BCUT2D eigenvalue weighted by molar-refractivity contribution is 7.03. The molecule has 180 valence electrons. The Morgan fingerprint density at radius 1 is 1.15 bits per heavy atom. The van der Waals surface area contributed by atoms with E-state index in [1.54, 1.807) is 9.80 Å². The van der Waals surface area contributed by atoms with Gasteiger partial charge in [0, 0.05) is 62.0 Å². The van der Waals surface area contributed by atoms with Gasteiger partial charge in [-0.15, -0.1) is 5.10 Å². The molecular weight excluding hydrogens is 453 g/mol. The Kier molecular flexibility index (Phi) is 7.69. The average Bonchev–Trinajstić information content (AvgIpc) is 3.31. The maximum atomic E-state index is 13.6. The van der Waals surface area contributed by atoms with Crippen LogP contribution >= 0.6 is 11.5 Å². The molecule has 11 heteroatoms. The molecule has 1 atom stereocenters. The summed E-state index contributed by atoms with van der Waals surface area (Å²) in [6, 6.07) is 1.74. The number of urea groups is 1. The normalized spacial score (nSPS) is 20.3. The third kappa shape index (κ3) is 5.94. The van der Waals surface area contributed by atoms with Crippen molar-refractivity contribution in [2.45, 2.75) is 38.8 Å². The van der Waals surface area contributed by atoms with Crippen molar-refractivity contribution in [3.63, 3.8) is 0 Å². The molecule has 33 heavy (non-hydrogen) atoms. The number of aromatic nitrogens is 2. The zero-order valence-corrected chi connectivity index (χ0v) is 19.5. The number of rotatable bonds is 6. The first-order valence-corrected chi connectivity index (χ1v) is 12.2. The Morgan fingerprint density at radius 3 is 2.52 bits per heavy atom. The molecule has 2 amide bonds. The van der Waals surface area contributed by atoms with Crippen molar-refractivity contribution < 1.29 is 18.0 Å². The van der Waals surface area contributed by atoms with Crippen LogP contribution in [0.3, 0.4) is 0 Å². The van der Waals surface area contributed by atoms with Crippen LogP contribution in [0, 0.1) is 23.4 Å². The number of nitrogens with zero attached hydrogens (tertiary/aromatic N) is 5. The van der Waals surface area contributed by atoms with Crippen LogP contribution in [0.1, 0.15) is 31.9 Å². The van der Waals surface area contributed by atoms with E-state index < -0.39 is 17.5 Å². The molecule has 1 aromatic carbocycles. The molecule has 2 saturated heterocycles. The maximum absolute atomic E-state index is 13.6. The van der Waals surface area contributed by atoms with E-state index >= 15 is 0 Å². The Hall–Kier alpha value is -2.40. The van der Waals surface area contributed by atoms with E-state index in [4.69, 9.17) is 0 Å². The van der Waals surface area contributed by atoms with Crippen LogP contribution in [-0.4, -0.2) is 70.7 Å². The summed E-state index contributed by atoms with van der Waals surface area (Å²) in [7, 11) is 0. The first-order chi connectivity index (χ1) is 15.9. The van der Waals surface area contributed by atoms with Gasteiger partial charge < -0.3 is 15.1 Å². The molecule has 0 spiro atoms. The SMILES string of the molecule is C[C@@H]1CN(c2cc(F)c(F)c(F)c2)CCN1C(=O)NCCC1CCN(Cc2csnn2)CC1. The van der Waals surface area contributed by atoms with Crippen LogP contribution in [0.4, 0.5) is 23.7 Å². The number of hydrogen-bond donors (Lipinski definition) is 1. The molecule has 1 N–H and O–H groups in total. The summed E-state index contributed by atoms with van der Waals surface area (Å²) in [4.78, 5) is 18.6. The van der Waals surface area contributed by atoms with Gasteiger partial charge in [-0.1, -0.05) is 4.49 Å². The van der Waals surface area contributed by atoms with Gasteiger partial charge in [-0.3, -0.25) is 4.90 Å². The number of nitrogens with one attached hydrogen (secondary N) is 1. The second-order valence-corrected chi connectivity index (χ2v) is 9.46. The molecule has 2 aliphatic rings. The van der Waals surface area contributed by atoms with Gasteiger partial charge in [0.05, 0.1) is 5.69 Å². The van der Waals surface area contributed by atoms with Crippen LogP contribution in [-0.2, 0) is 6.54 Å². The summed E-state index contributed by atoms with van der Waals surface area (Å²) in [5.41, 5.74) is 1.31. The van der Waals surface area contributed by atoms with Gasteiger partial charge in [-0.2, -0.15) is 0 Å². The zero-order chi connectivity index (χ0) is 23.4. The van der Waals surface area contributed by atoms with Crippen molar-refractivity contribution in [1.29, 1.82) is 0 Å². The predicted molar refractivity (Wildman–Crippen MR) is 121 cm³/mol. The van der Waals surface area contributed by atoms with E-state index in [9.17, 15) is 18.0 Å². The number of amides is 2. The number of halogens is 3. The highest BCUT2D eigenvalue weighted by Crippen LogP contribution is 2.24. The van der Waals surface area contributed by atoms with Crippen LogP contribution in [0.25, 0.3) is 0 Å². The van der Waals surface area contributed by atoms with Crippen molar-refractivity contribution in [3.05, 3.63) is 40.7 Å². The molecule has 0 saturated carbocycles. The number of carbonyl (C=O) groups is 1. The number of anilines is 1. The molecule has 0 aliphatic carbocycles. The van der Waals surface area contributed by atoms with Crippen molar-refractivity contribution in [2.75, 3.05) is 44.2 Å². The van der Waals surface area contributed by atoms with E-state index in [2.05, 4.69) is 19.8 Å². The van der Waals surface area contributed by atoms with Crippen molar-refractivity contribution in [1.82, 2.24) is 24.7 Å². The fourth-order valence-electron chi connectivity index (χ4n) is 4.62. The minimum absolute atomic E-state index is 0.118. The van der Waals surface area contributed by atoms with E-state index in [-0.39, 0.29) is 17.8 Å². The second-order valence-electron chi connectivity index (χ2n) is 8.85. The predicted octanol–water partition coefficient (Wildman–Crippen LogP) is 3.48. The number of likely N-dealkylation sites (tertiary alicyclic amines) is 1. The van der Waals surface area contributed by atoms with Gasteiger partial charge in [0.15, 0.2) is 17.5 Å². The second kappa shape index (κ2) is 10.7. The third-order valence-corrected chi connectivity index (χ3v) is 7.10. The Labute approximate surface area is 195 Å². The molecular formula is C22H29F3N6OS. The highest BCUT2D eigenvalue weighted by atomic mass is 32.1. The van der Waals surface area contributed by atoms with E-state index in [1.165, 1.54) is 11.5 Å². The van der Waals surface area contributed by atoms with Gasteiger partial charge >= 0.3 is 6.03 Å². The summed E-state index contributed by atoms with van der Waals surface area (Å²) in [6.07, 6.45) is 3.15. The van der Waals surface area contributed by atoms with Crippen LogP contribution in [0.15, 0.2) is 17.5 Å². The Morgan fingerprint density at radius 2 is 1.88 bits per heavy atom. The number of piperazine rings is 1. The largest absolute Gasteiger partial charge is 0.368 e. The van der Waals surface area contributed by atoms with E-state index in [0.29, 0.717) is 32.1 Å². The summed E-state index contributed by atoms with van der Waals surface area (Å²) >= 11 is 1.38. The van der Waals surface area contributed by atoms with Gasteiger partial charge in [0.25, 0.3) is 0 Å². The van der Waals surface area contributed by atoms with Gasteiger partial charge in [-0.25, -0.2) is 18.0 Å². The van der Waals surface area contributed by atoms with Crippen LogP contribution in [0.5, 0.6) is 0 Å². The molecule has 3 heterocycles. The Balaban J connectivity index is 1.18. The smallest absolute Gasteiger partial charge is 0.317 e. The van der Waals surface area contributed by atoms with Crippen molar-refractivity contribution in [3.8, 4) is 0 Å². The summed E-state index contributed by atoms with van der Waals surface area (Å²) in [6.45, 7) is 6.70. The molecule has 2 aromatic rings. The van der Waals surface area contributed by atoms with E-state index in [1.807, 2.05) is 12.3 Å². The minimum atomic E-state index is -1.47. The van der Waals surface area contributed by atoms with Gasteiger partial charge in [0.1, 0.15) is 0 Å². The topological polar surface area (TPSA) is 64.6 Å². The fourth-order valence-corrected chi connectivity index (χ4v) is 5.06. The highest BCUT2D eigenvalue weighted by Gasteiger charge is 2.29. The molecule has 4 rings (SSSR count). The monoisotopic (exact) mass is 482 g/mol. The molecule has 2 aliphatic heterocycles. The summed E-state index contributed by atoms with van der Waals surface area (Å²) in [5, 5.41) is 9.12. The number of piperidine rings is 1. The van der Waals surface area contributed by atoms with Crippen molar-refractivity contribution in [2.24, 2.45) is 5.92 Å². The standard InChI is InChI=1S/C22H29F3N6OS/c1-15-12-30(18-10-19(23)21(25)20(24)11-18)8-9-31(15)22(32)26-5-2-16-3-6-29(7-4-16)13-17-14-33-28-27-17/h10-11,14-16H,2-9,12-13H2,1H3,(H,26,32)/t15-/m1/s1. The lowest BCUT2D eigenvalue weighted by molar-refractivity contribution is 0.161. The van der Waals surface area contributed by atoms with Crippen LogP contribution < -0.4 is 10.2 Å².